The lowest BCUT2D eigenvalue weighted by molar-refractivity contribution is 0.0926. The Labute approximate surface area is 164 Å². The summed E-state index contributed by atoms with van der Waals surface area (Å²) in [7, 11) is 3.85. The van der Waals surface area contributed by atoms with Crippen LogP contribution in [0.2, 0.25) is 0 Å². The van der Waals surface area contributed by atoms with Gasteiger partial charge >= 0.3 is 0 Å². The van der Waals surface area contributed by atoms with Crippen molar-refractivity contribution in [2.45, 2.75) is 12.5 Å². The van der Waals surface area contributed by atoms with Crippen LogP contribution in [0.1, 0.15) is 15.9 Å². The van der Waals surface area contributed by atoms with Gasteiger partial charge < -0.3 is 15.0 Å². The van der Waals surface area contributed by atoms with E-state index in [9.17, 15) is 4.79 Å². The summed E-state index contributed by atoms with van der Waals surface area (Å²) in [6, 6.07) is 13.6. The zero-order valence-electron chi connectivity index (χ0n) is 16.1. The van der Waals surface area contributed by atoms with Crippen LogP contribution in [-0.4, -0.2) is 49.2 Å². The minimum atomic E-state index is -0.0862. The third kappa shape index (κ3) is 3.82. The van der Waals surface area contributed by atoms with E-state index in [4.69, 9.17) is 4.74 Å². The van der Waals surface area contributed by atoms with Crippen LogP contribution in [-0.2, 0) is 11.2 Å². The first-order valence-electron chi connectivity index (χ1n) is 9.46. The Morgan fingerprint density at radius 2 is 1.96 bits per heavy atom. The number of carbonyl (C=O) groups is 1. The number of nitrogens with one attached hydrogen (secondary N) is 1. The van der Waals surface area contributed by atoms with Gasteiger partial charge in [-0.3, -0.25) is 9.78 Å². The van der Waals surface area contributed by atoms with E-state index in [-0.39, 0.29) is 17.9 Å². The molecule has 1 saturated heterocycles. The molecule has 1 aliphatic rings. The van der Waals surface area contributed by atoms with E-state index in [0.29, 0.717) is 18.8 Å². The zero-order valence-corrected chi connectivity index (χ0v) is 16.1. The maximum absolute atomic E-state index is 13.2. The molecular formula is C22H24N4O2. The van der Waals surface area contributed by atoms with Crippen LogP contribution in [0.15, 0.2) is 54.9 Å². The van der Waals surface area contributed by atoms with Gasteiger partial charge in [0.05, 0.1) is 30.3 Å². The van der Waals surface area contributed by atoms with E-state index in [0.717, 1.165) is 23.1 Å². The first kappa shape index (κ1) is 18.4. The molecular weight excluding hydrogens is 352 g/mol. The van der Waals surface area contributed by atoms with Crippen LogP contribution >= 0.6 is 0 Å². The van der Waals surface area contributed by atoms with E-state index in [1.54, 1.807) is 12.4 Å². The summed E-state index contributed by atoms with van der Waals surface area (Å²) >= 11 is 0. The number of hydrogen-bond acceptors (Lipinski definition) is 5. The number of ether oxygens (including phenoxy) is 1. The van der Waals surface area contributed by atoms with Gasteiger partial charge in [-0.15, -0.1) is 0 Å². The van der Waals surface area contributed by atoms with Gasteiger partial charge in [-0.05, 0) is 36.2 Å². The highest BCUT2D eigenvalue weighted by Crippen LogP contribution is 2.24. The number of aromatic nitrogens is 2. The van der Waals surface area contributed by atoms with E-state index >= 15 is 0 Å². The standard InChI is InChI=1S/C22H24N4O2/c1-26(2)21-12-18(17-5-3-4-6-19(17)24-21)22(27)25-20-14-28-13-16(20)11-15-7-9-23-10-8-15/h3-10,12,16,20H,11,13-14H2,1-2H3,(H,25,27)/t16-,20-/m1/s1. The van der Waals surface area contributed by atoms with Crippen molar-refractivity contribution in [1.82, 2.24) is 15.3 Å². The van der Waals surface area contributed by atoms with Gasteiger partial charge in [-0.25, -0.2) is 4.98 Å². The van der Waals surface area contributed by atoms with Crippen molar-refractivity contribution in [3.63, 3.8) is 0 Å². The number of para-hydroxylation sites is 1. The molecule has 1 aliphatic heterocycles. The number of anilines is 1. The van der Waals surface area contributed by atoms with Crippen molar-refractivity contribution in [3.05, 3.63) is 66.0 Å². The van der Waals surface area contributed by atoms with Gasteiger partial charge in [-0.2, -0.15) is 0 Å². The van der Waals surface area contributed by atoms with Crippen LogP contribution < -0.4 is 10.2 Å². The molecule has 0 bridgehead atoms. The average molecular weight is 376 g/mol. The Hall–Kier alpha value is -2.99. The number of benzene rings is 1. The lowest BCUT2D eigenvalue weighted by atomic mass is 9.95. The second kappa shape index (κ2) is 7.94. The monoisotopic (exact) mass is 376 g/mol. The first-order valence-corrected chi connectivity index (χ1v) is 9.46. The molecule has 2 atom stereocenters. The van der Waals surface area contributed by atoms with Crippen LogP contribution in [0.3, 0.4) is 0 Å². The quantitative estimate of drug-likeness (QED) is 0.742. The summed E-state index contributed by atoms with van der Waals surface area (Å²) in [5, 5.41) is 4.05. The fraction of sp³-hybridized carbons (Fsp3) is 0.318. The van der Waals surface area contributed by atoms with Gasteiger partial charge in [0.1, 0.15) is 5.82 Å². The summed E-state index contributed by atoms with van der Waals surface area (Å²) in [5.41, 5.74) is 2.66. The van der Waals surface area contributed by atoms with E-state index in [1.807, 2.05) is 61.5 Å². The minimum Gasteiger partial charge on any atom is -0.379 e. The van der Waals surface area contributed by atoms with Crippen molar-refractivity contribution in [2.24, 2.45) is 5.92 Å². The van der Waals surface area contributed by atoms with Crippen LogP contribution in [0.4, 0.5) is 5.82 Å². The number of pyridine rings is 2. The molecule has 4 rings (SSSR count). The predicted octanol–water partition coefficient (Wildman–Crippen LogP) is 2.68. The summed E-state index contributed by atoms with van der Waals surface area (Å²) in [4.78, 5) is 23.8. The Bertz CT molecular complexity index is 975. The zero-order chi connectivity index (χ0) is 19.5. The Morgan fingerprint density at radius 3 is 2.75 bits per heavy atom. The molecule has 1 fully saturated rings. The number of amides is 1. The van der Waals surface area contributed by atoms with Crippen molar-refractivity contribution in [2.75, 3.05) is 32.2 Å². The molecule has 3 heterocycles. The molecule has 0 saturated carbocycles. The number of nitrogens with zero attached hydrogens (tertiary/aromatic N) is 3. The summed E-state index contributed by atoms with van der Waals surface area (Å²) in [5.74, 6) is 0.921. The highest BCUT2D eigenvalue weighted by atomic mass is 16.5. The molecule has 6 heteroatoms. The van der Waals surface area contributed by atoms with Crippen molar-refractivity contribution in [1.29, 1.82) is 0 Å². The third-order valence-corrected chi connectivity index (χ3v) is 5.17. The fourth-order valence-electron chi connectivity index (χ4n) is 3.61. The van der Waals surface area contributed by atoms with E-state index < -0.39 is 0 Å². The SMILES string of the molecule is CN(C)c1cc(C(=O)N[C@@H]2COC[C@H]2Cc2ccncc2)c2ccccc2n1. The van der Waals surface area contributed by atoms with E-state index in [2.05, 4.69) is 15.3 Å². The fourth-order valence-corrected chi connectivity index (χ4v) is 3.61. The normalized spacial score (nSPS) is 18.9. The Morgan fingerprint density at radius 1 is 1.18 bits per heavy atom. The smallest absolute Gasteiger partial charge is 0.252 e. The molecule has 0 aliphatic carbocycles. The molecule has 3 aromatic rings. The molecule has 1 N–H and O–H groups in total. The molecule has 28 heavy (non-hydrogen) atoms. The minimum absolute atomic E-state index is 0.0181. The maximum Gasteiger partial charge on any atom is 0.252 e. The number of hydrogen-bond donors (Lipinski definition) is 1. The molecule has 2 aromatic heterocycles. The first-order chi connectivity index (χ1) is 13.6. The maximum atomic E-state index is 13.2. The highest BCUT2D eigenvalue weighted by molar-refractivity contribution is 6.07. The average Bonchev–Trinajstić information content (AvgIpc) is 3.14. The van der Waals surface area contributed by atoms with Crippen molar-refractivity contribution >= 4 is 22.6 Å². The molecule has 0 radical (unpaired) electrons. The second-order valence-electron chi connectivity index (χ2n) is 7.38. The predicted molar refractivity (Wildman–Crippen MR) is 110 cm³/mol. The highest BCUT2D eigenvalue weighted by Gasteiger charge is 2.30. The summed E-state index contributed by atoms with van der Waals surface area (Å²) < 4.78 is 5.68. The molecule has 144 valence electrons. The third-order valence-electron chi connectivity index (χ3n) is 5.17. The van der Waals surface area contributed by atoms with Crippen molar-refractivity contribution in [3.8, 4) is 0 Å². The van der Waals surface area contributed by atoms with Crippen molar-refractivity contribution < 1.29 is 9.53 Å². The lowest BCUT2D eigenvalue weighted by Crippen LogP contribution is -2.40. The lowest BCUT2D eigenvalue weighted by Gasteiger charge is -2.20. The number of fused-ring (bicyclic) bond motifs is 1. The molecule has 1 aromatic carbocycles. The van der Waals surface area contributed by atoms with Crippen LogP contribution in [0, 0.1) is 5.92 Å². The summed E-state index contributed by atoms with van der Waals surface area (Å²) in [6.45, 7) is 1.18. The Kier molecular flexibility index (Phi) is 5.21. The molecule has 0 spiro atoms. The van der Waals surface area contributed by atoms with Gasteiger partial charge in [-0.1, -0.05) is 18.2 Å². The van der Waals surface area contributed by atoms with Crippen LogP contribution in [0.5, 0.6) is 0 Å². The van der Waals surface area contributed by atoms with Gasteiger partial charge in [0.15, 0.2) is 0 Å². The van der Waals surface area contributed by atoms with Crippen LogP contribution in [0.25, 0.3) is 10.9 Å². The molecule has 1 amide bonds. The largest absolute Gasteiger partial charge is 0.379 e. The second-order valence-corrected chi connectivity index (χ2v) is 7.38. The number of rotatable bonds is 5. The topological polar surface area (TPSA) is 67.4 Å². The van der Waals surface area contributed by atoms with Gasteiger partial charge in [0, 0.05) is 37.8 Å². The molecule has 6 nitrogen and oxygen atoms in total. The summed E-state index contributed by atoms with van der Waals surface area (Å²) in [6.07, 6.45) is 4.45. The molecule has 0 unspecified atom stereocenters. The van der Waals surface area contributed by atoms with Gasteiger partial charge in [0.25, 0.3) is 5.91 Å². The Balaban J connectivity index is 1.57. The van der Waals surface area contributed by atoms with Gasteiger partial charge in [0.2, 0.25) is 0 Å². The van der Waals surface area contributed by atoms with E-state index in [1.165, 1.54) is 5.56 Å². The number of carbonyl (C=O) groups excluding carboxylic acids is 1.